The van der Waals surface area contributed by atoms with Crippen molar-refractivity contribution in [2.45, 2.75) is 12.3 Å². The topological polar surface area (TPSA) is 59.4 Å². The second-order valence-corrected chi connectivity index (χ2v) is 4.57. The van der Waals surface area contributed by atoms with E-state index in [2.05, 4.69) is 17.1 Å². The Morgan fingerprint density at radius 1 is 1.32 bits per heavy atom. The Hall–Kier alpha value is -2.36. The van der Waals surface area contributed by atoms with E-state index in [-0.39, 0.29) is 5.69 Å². The summed E-state index contributed by atoms with van der Waals surface area (Å²) in [6.07, 6.45) is 2.44. The Kier molecular flexibility index (Phi) is 2.91. The molecule has 19 heavy (non-hydrogen) atoms. The van der Waals surface area contributed by atoms with Crippen LogP contribution in [0.2, 0.25) is 0 Å². The molecule has 1 N–H and O–H groups in total. The smallest absolute Gasteiger partial charge is 0.358 e. The first-order valence-corrected chi connectivity index (χ1v) is 6.14. The van der Waals surface area contributed by atoms with Crippen molar-refractivity contribution in [3.63, 3.8) is 0 Å². The lowest BCUT2D eigenvalue weighted by Gasteiger charge is -2.29. The maximum absolute atomic E-state index is 11.0. The van der Waals surface area contributed by atoms with E-state index in [0.29, 0.717) is 18.3 Å². The fourth-order valence-corrected chi connectivity index (χ4v) is 2.37. The summed E-state index contributed by atoms with van der Waals surface area (Å²) in [5.41, 5.74) is 2.61. The third-order valence-electron chi connectivity index (χ3n) is 3.37. The SMILES string of the molecule is O=C(O)c1ncccc1OCC1Cc2ccccc21. The Morgan fingerprint density at radius 3 is 2.95 bits per heavy atom. The van der Waals surface area contributed by atoms with E-state index in [1.165, 1.54) is 17.3 Å². The first-order chi connectivity index (χ1) is 9.25. The van der Waals surface area contributed by atoms with Gasteiger partial charge in [-0.2, -0.15) is 0 Å². The lowest BCUT2D eigenvalue weighted by Crippen LogP contribution is -2.23. The zero-order valence-electron chi connectivity index (χ0n) is 10.2. The molecule has 1 atom stereocenters. The highest BCUT2D eigenvalue weighted by Gasteiger charge is 2.26. The van der Waals surface area contributed by atoms with Crippen molar-refractivity contribution in [1.82, 2.24) is 4.98 Å². The molecule has 4 nitrogen and oxygen atoms in total. The quantitative estimate of drug-likeness (QED) is 0.911. The van der Waals surface area contributed by atoms with Crippen LogP contribution >= 0.6 is 0 Å². The number of carbonyl (C=O) groups is 1. The standard InChI is InChI=1S/C15H13NO3/c17-15(18)14-13(6-3-7-16-14)19-9-11-8-10-4-1-2-5-12(10)11/h1-7,11H,8-9H2,(H,17,18). The summed E-state index contributed by atoms with van der Waals surface area (Å²) in [6, 6.07) is 11.6. The summed E-state index contributed by atoms with van der Waals surface area (Å²) in [7, 11) is 0. The molecule has 0 radical (unpaired) electrons. The van der Waals surface area contributed by atoms with Crippen molar-refractivity contribution >= 4 is 5.97 Å². The van der Waals surface area contributed by atoms with Crippen LogP contribution in [-0.2, 0) is 6.42 Å². The molecule has 0 saturated heterocycles. The van der Waals surface area contributed by atoms with Crippen molar-refractivity contribution in [3.05, 3.63) is 59.4 Å². The maximum atomic E-state index is 11.0. The minimum Gasteiger partial charge on any atom is -0.490 e. The Labute approximate surface area is 110 Å². The molecule has 1 unspecified atom stereocenters. The number of pyridine rings is 1. The van der Waals surface area contributed by atoms with Crippen molar-refractivity contribution in [1.29, 1.82) is 0 Å². The number of hydrogen-bond acceptors (Lipinski definition) is 3. The highest BCUT2D eigenvalue weighted by molar-refractivity contribution is 5.88. The minimum atomic E-state index is -1.07. The number of nitrogens with zero attached hydrogens (tertiary/aromatic N) is 1. The van der Waals surface area contributed by atoms with Gasteiger partial charge in [-0.3, -0.25) is 0 Å². The van der Waals surface area contributed by atoms with Crippen molar-refractivity contribution < 1.29 is 14.6 Å². The molecule has 0 saturated carbocycles. The number of fused-ring (bicyclic) bond motifs is 1. The second-order valence-electron chi connectivity index (χ2n) is 4.57. The van der Waals surface area contributed by atoms with Gasteiger partial charge in [0.1, 0.15) is 0 Å². The van der Waals surface area contributed by atoms with Crippen LogP contribution in [-0.4, -0.2) is 22.7 Å². The molecule has 0 spiro atoms. The van der Waals surface area contributed by atoms with Crippen LogP contribution < -0.4 is 4.74 Å². The Morgan fingerprint density at radius 2 is 2.16 bits per heavy atom. The van der Waals surface area contributed by atoms with Crippen LogP contribution in [0.3, 0.4) is 0 Å². The fraction of sp³-hybridized carbons (Fsp3) is 0.200. The van der Waals surface area contributed by atoms with Crippen LogP contribution in [0.1, 0.15) is 27.5 Å². The van der Waals surface area contributed by atoms with Crippen LogP contribution in [0, 0.1) is 0 Å². The van der Waals surface area contributed by atoms with E-state index in [9.17, 15) is 4.79 Å². The summed E-state index contributed by atoms with van der Waals surface area (Å²) in [5, 5.41) is 9.02. The summed E-state index contributed by atoms with van der Waals surface area (Å²) >= 11 is 0. The number of hydrogen-bond donors (Lipinski definition) is 1. The zero-order valence-corrected chi connectivity index (χ0v) is 10.2. The van der Waals surface area contributed by atoms with Crippen molar-refractivity contribution in [2.75, 3.05) is 6.61 Å². The van der Waals surface area contributed by atoms with Gasteiger partial charge < -0.3 is 9.84 Å². The molecule has 0 aliphatic heterocycles. The molecule has 4 heteroatoms. The number of rotatable bonds is 4. The molecule has 0 amide bonds. The van der Waals surface area contributed by atoms with Crippen molar-refractivity contribution in [2.24, 2.45) is 0 Å². The molecule has 1 aliphatic carbocycles. The lowest BCUT2D eigenvalue weighted by atomic mass is 9.78. The number of ether oxygens (including phenoxy) is 1. The van der Waals surface area contributed by atoms with Crippen LogP contribution in [0.4, 0.5) is 0 Å². The van der Waals surface area contributed by atoms with Gasteiger partial charge in [0.25, 0.3) is 0 Å². The summed E-state index contributed by atoms with van der Waals surface area (Å²) < 4.78 is 5.62. The van der Waals surface area contributed by atoms with Gasteiger partial charge in [-0.05, 0) is 29.7 Å². The van der Waals surface area contributed by atoms with Gasteiger partial charge in [0.15, 0.2) is 11.4 Å². The Bertz CT molecular complexity index is 624. The summed E-state index contributed by atoms with van der Waals surface area (Å²) in [5.74, 6) is -0.387. The van der Waals surface area contributed by atoms with E-state index < -0.39 is 5.97 Å². The molecule has 1 aliphatic rings. The predicted molar refractivity (Wildman–Crippen MR) is 69.6 cm³/mol. The first-order valence-electron chi connectivity index (χ1n) is 6.14. The third-order valence-corrected chi connectivity index (χ3v) is 3.37. The van der Waals surface area contributed by atoms with Crippen molar-refractivity contribution in [3.8, 4) is 5.75 Å². The number of benzene rings is 1. The van der Waals surface area contributed by atoms with Gasteiger partial charge in [0, 0.05) is 12.1 Å². The number of aromatic carboxylic acids is 1. The van der Waals surface area contributed by atoms with E-state index in [1.807, 2.05) is 12.1 Å². The fourth-order valence-electron chi connectivity index (χ4n) is 2.37. The highest BCUT2D eigenvalue weighted by atomic mass is 16.5. The maximum Gasteiger partial charge on any atom is 0.358 e. The van der Waals surface area contributed by atoms with E-state index in [0.717, 1.165) is 6.42 Å². The molecule has 0 fully saturated rings. The van der Waals surface area contributed by atoms with Gasteiger partial charge in [-0.25, -0.2) is 9.78 Å². The van der Waals surface area contributed by atoms with Gasteiger partial charge in [-0.15, -0.1) is 0 Å². The predicted octanol–water partition coefficient (Wildman–Crippen LogP) is 2.50. The number of aromatic nitrogens is 1. The minimum absolute atomic E-state index is 0.0323. The number of carboxylic acids is 1. The molecule has 2 aromatic rings. The normalized spacial score (nSPS) is 16.3. The van der Waals surface area contributed by atoms with Gasteiger partial charge in [-0.1, -0.05) is 24.3 Å². The second kappa shape index (κ2) is 4.72. The first kappa shape index (κ1) is 11.7. The van der Waals surface area contributed by atoms with Gasteiger partial charge in [0.2, 0.25) is 0 Å². The van der Waals surface area contributed by atoms with Crippen LogP contribution in [0.15, 0.2) is 42.6 Å². The molecule has 1 aromatic heterocycles. The number of carboxylic acid groups (broad SMARTS) is 1. The third kappa shape index (κ3) is 2.17. The van der Waals surface area contributed by atoms with E-state index in [1.54, 1.807) is 12.1 Å². The molecule has 1 heterocycles. The zero-order chi connectivity index (χ0) is 13.2. The largest absolute Gasteiger partial charge is 0.490 e. The molecular weight excluding hydrogens is 242 g/mol. The average Bonchev–Trinajstić information content (AvgIpc) is 2.40. The van der Waals surface area contributed by atoms with Crippen LogP contribution in [0.25, 0.3) is 0 Å². The van der Waals surface area contributed by atoms with E-state index in [4.69, 9.17) is 9.84 Å². The summed E-state index contributed by atoms with van der Waals surface area (Å²) in [4.78, 5) is 14.8. The molecule has 1 aromatic carbocycles. The van der Waals surface area contributed by atoms with Crippen LogP contribution in [0.5, 0.6) is 5.75 Å². The molecule has 96 valence electrons. The molecule has 3 rings (SSSR count). The summed E-state index contributed by atoms with van der Waals surface area (Å²) in [6.45, 7) is 0.489. The lowest BCUT2D eigenvalue weighted by molar-refractivity contribution is 0.0684. The van der Waals surface area contributed by atoms with E-state index >= 15 is 0 Å². The average molecular weight is 255 g/mol. The monoisotopic (exact) mass is 255 g/mol. The van der Waals surface area contributed by atoms with Gasteiger partial charge in [0.05, 0.1) is 6.61 Å². The highest BCUT2D eigenvalue weighted by Crippen LogP contribution is 2.35. The Balaban J connectivity index is 1.70. The molecular formula is C15H13NO3. The molecule has 0 bridgehead atoms. The van der Waals surface area contributed by atoms with Gasteiger partial charge >= 0.3 is 5.97 Å².